The Morgan fingerprint density at radius 3 is 2.59 bits per heavy atom. The highest BCUT2D eigenvalue weighted by molar-refractivity contribution is 6.31. The Morgan fingerprint density at radius 1 is 1.41 bits per heavy atom. The Labute approximate surface area is 131 Å². The minimum Gasteiger partial charge on any atom is -0.480 e. The molecule has 0 saturated carbocycles. The van der Waals surface area contributed by atoms with Gasteiger partial charge in [0, 0.05) is 25.0 Å². The molecule has 6 nitrogen and oxygen atoms in total. The molecule has 1 atom stereocenters. The van der Waals surface area contributed by atoms with Gasteiger partial charge in [-0.2, -0.15) is 0 Å². The first-order valence-corrected chi connectivity index (χ1v) is 6.85. The molecule has 0 aliphatic rings. The second-order valence-electron chi connectivity index (χ2n) is 4.62. The summed E-state index contributed by atoms with van der Waals surface area (Å²) < 4.78 is 13.8. The Balaban J connectivity index is 3.03. The number of aliphatic carboxylic acids is 1. The topological polar surface area (TPSA) is 86.7 Å². The van der Waals surface area contributed by atoms with Gasteiger partial charge in [-0.15, -0.1) is 0 Å². The number of benzene rings is 1. The monoisotopic (exact) mass is 330 g/mol. The van der Waals surface area contributed by atoms with E-state index in [1.165, 1.54) is 19.9 Å². The van der Waals surface area contributed by atoms with E-state index >= 15 is 0 Å². The standard InChI is InChI=1S/C14H16ClFN2O4/c1-8(14(21)22)18(6-5-17-9(2)19)13(20)11-7-10(15)3-4-12(11)16/h3-4,7-8H,5-6H2,1-2H3,(H,17,19)(H,21,22). The van der Waals surface area contributed by atoms with Gasteiger partial charge in [-0.1, -0.05) is 11.6 Å². The molecule has 1 rings (SSSR count). The fourth-order valence-electron chi connectivity index (χ4n) is 1.77. The van der Waals surface area contributed by atoms with E-state index in [9.17, 15) is 18.8 Å². The molecule has 2 N–H and O–H groups in total. The van der Waals surface area contributed by atoms with Gasteiger partial charge in [0.1, 0.15) is 11.9 Å². The molecule has 0 heterocycles. The summed E-state index contributed by atoms with van der Waals surface area (Å²) in [6, 6.07) is 2.28. The summed E-state index contributed by atoms with van der Waals surface area (Å²) in [5, 5.41) is 11.7. The molecule has 0 aromatic heterocycles. The van der Waals surface area contributed by atoms with E-state index in [1.54, 1.807) is 0 Å². The van der Waals surface area contributed by atoms with Crippen LogP contribution in [0.5, 0.6) is 0 Å². The van der Waals surface area contributed by atoms with E-state index in [0.717, 1.165) is 17.0 Å². The van der Waals surface area contributed by atoms with Gasteiger partial charge in [-0.05, 0) is 25.1 Å². The lowest BCUT2D eigenvalue weighted by molar-refractivity contribution is -0.141. The van der Waals surface area contributed by atoms with Crippen LogP contribution in [0.3, 0.4) is 0 Å². The largest absolute Gasteiger partial charge is 0.480 e. The van der Waals surface area contributed by atoms with Gasteiger partial charge in [0.05, 0.1) is 5.56 Å². The van der Waals surface area contributed by atoms with Crippen LogP contribution in [0.15, 0.2) is 18.2 Å². The summed E-state index contributed by atoms with van der Waals surface area (Å²) in [6.07, 6.45) is 0. The number of rotatable bonds is 6. The van der Waals surface area contributed by atoms with E-state index in [0.29, 0.717) is 0 Å². The van der Waals surface area contributed by atoms with Crippen LogP contribution in [0, 0.1) is 5.82 Å². The second kappa shape index (κ2) is 7.74. The molecule has 1 unspecified atom stereocenters. The third-order valence-electron chi connectivity index (χ3n) is 2.97. The molecule has 0 saturated heterocycles. The Kier molecular flexibility index (Phi) is 6.30. The predicted octanol–water partition coefficient (Wildman–Crippen LogP) is 1.53. The molecule has 22 heavy (non-hydrogen) atoms. The maximum absolute atomic E-state index is 13.8. The third kappa shape index (κ3) is 4.70. The molecule has 0 bridgehead atoms. The molecule has 0 aliphatic heterocycles. The smallest absolute Gasteiger partial charge is 0.326 e. The van der Waals surface area contributed by atoms with Crippen LogP contribution >= 0.6 is 11.6 Å². The number of nitrogens with one attached hydrogen (secondary N) is 1. The van der Waals surface area contributed by atoms with Crippen LogP contribution in [-0.2, 0) is 9.59 Å². The van der Waals surface area contributed by atoms with Crippen LogP contribution in [0.2, 0.25) is 5.02 Å². The first kappa shape index (κ1) is 17.9. The highest BCUT2D eigenvalue weighted by atomic mass is 35.5. The molecular formula is C14H16ClFN2O4. The van der Waals surface area contributed by atoms with Crippen molar-refractivity contribution in [1.29, 1.82) is 0 Å². The zero-order valence-corrected chi connectivity index (χ0v) is 12.9. The molecular weight excluding hydrogens is 315 g/mol. The van der Waals surface area contributed by atoms with Crippen LogP contribution in [0.1, 0.15) is 24.2 Å². The van der Waals surface area contributed by atoms with Gasteiger partial charge in [0.2, 0.25) is 5.91 Å². The lowest BCUT2D eigenvalue weighted by Gasteiger charge is -2.27. The number of hydrogen-bond donors (Lipinski definition) is 2. The highest BCUT2D eigenvalue weighted by Crippen LogP contribution is 2.18. The number of carboxylic acid groups (broad SMARTS) is 1. The van der Waals surface area contributed by atoms with E-state index in [1.807, 2.05) is 0 Å². The Bertz CT molecular complexity index is 594. The SMILES string of the molecule is CC(=O)NCCN(C(=O)c1cc(Cl)ccc1F)C(C)C(=O)O. The van der Waals surface area contributed by atoms with Crippen LogP contribution in [0.25, 0.3) is 0 Å². The number of hydrogen-bond acceptors (Lipinski definition) is 3. The Morgan fingerprint density at radius 2 is 2.05 bits per heavy atom. The molecule has 1 aromatic rings. The maximum Gasteiger partial charge on any atom is 0.326 e. The predicted molar refractivity (Wildman–Crippen MR) is 78.2 cm³/mol. The third-order valence-corrected chi connectivity index (χ3v) is 3.21. The van der Waals surface area contributed by atoms with Gasteiger partial charge in [0.15, 0.2) is 0 Å². The minimum atomic E-state index is -1.24. The first-order chi connectivity index (χ1) is 10.2. The summed E-state index contributed by atoms with van der Waals surface area (Å²) in [4.78, 5) is 35.3. The van der Waals surface area contributed by atoms with Crippen molar-refractivity contribution in [3.8, 4) is 0 Å². The fourth-order valence-corrected chi connectivity index (χ4v) is 1.94. The molecule has 120 valence electrons. The van der Waals surface area contributed by atoms with E-state index < -0.39 is 23.7 Å². The van der Waals surface area contributed by atoms with Gasteiger partial charge < -0.3 is 15.3 Å². The summed E-state index contributed by atoms with van der Waals surface area (Å²) in [5.74, 6) is -3.15. The number of carbonyl (C=O) groups is 3. The van der Waals surface area contributed by atoms with Crippen molar-refractivity contribution < 1.29 is 23.9 Å². The number of halogens is 2. The number of carbonyl (C=O) groups excluding carboxylic acids is 2. The van der Waals surface area contributed by atoms with E-state index in [4.69, 9.17) is 16.7 Å². The first-order valence-electron chi connectivity index (χ1n) is 6.47. The van der Waals surface area contributed by atoms with Crippen LogP contribution in [-0.4, -0.2) is 46.9 Å². The van der Waals surface area contributed by atoms with Gasteiger partial charge >= 0.3 is 5.97 Å². The molecule has 1 aromatic carbocycles. The van der Waals surface area contributed by atoms with Crippen molar-refractivity contribution in [3.05, 3.63) is 34.6 Å². The summed E-state index contributed by atoms with van der Waals surface area (Å²) in [7, 11) is 0. The molecule has 2 amide bonds. The van der Waals surface area contributed by atoms with Gasteiger partial charge in [-0.25, -0.2) is 9.18 Å². The number of amides is 2. The van der Waals surface area contributed by atoms with Crippen molar-refractivity contribution in [3.63, 3.8) is 0 Å². The summed E-state index contributed by atoms with van der Waals surface area (Å²) in [5.41, 5.74) is -0.316. The number of nitrogens with zero attached hydrogens (tertiary/aromatic N) is 1. The lowest BCUT2D eigenvalue weighted by Crippen LogP contribution is -2.47. The summed E-state index contributed by atoms with van der Waals surface area (Å²) >= 11 is 5.74. The zero-order valence-electron chi connectivity index (χ0n) is 12.1. The fraction of sp³-hybridized carbons (Fsp3) is 0.357. The lowest BCUT2D eigenvalue weighted by atomic mass is 10.1. The minimum absolute atomic E-state index is 0.0564. The van der Waals surface area contributed by atoms with Gasteiger partial charge in [0.25, 0.3) is 5.91 Å². The highest BCUT2D eigenvalue weighted by Gasteiger charge is 2.28. The average molecular weight is 331 g/mol. The van der Waals surface area contributed by atoms with Crippen molar-refractivity contribution >= 4 is 29.4 Å². The van der Waals surface area contributed by atoms with Crippen molar-refractivity contribution in [1.82, 2.24) is 10.2 Å². The Hall–Kier alpha value is -2.15. The quantitative estimate of drug-likeness (QED) is 0.828. The molecule has 0 fully saturated rings. The molecule has 8 heteroatoms. The average Bonchev–Trinajstić information content (AvgIpc) is 2.44. The van der Waals surface area contributed by atoms with Crippen molar-refractivity contribution in [2.75, 3.05) is 13.1 Å². The van der Waals surface area contributed by atoms with Crippen molar-refractivity contribution in [2.45, 2.75) is 19.9 Å². The van der Waals surface area contributed by atoms with E-state index in [-0.39, 0.29) is 29.6 Å². The summed E-state index contributed by atoms with van der Waals surface area (Å²) in [6.45, 7) is 2.58. The van der Waals surface area contributed by atoms with E-state index in [2.05, 4.69) is 5.32 Å². The normalized spacial score (nSPS) is 11.6. The molecule has 0 aliphatic carbocycles. The number of carboxylic acids is 1. The van der Waals surface area contributed by atoms with Crippen LogP contribution < -0.4 is 5.32 Å². The molecule has 0 radical (unpaired) electrons. The zero-order chi connectivity index (χ0) is 16.9. The van der Waals surface area contributed by atoms with Gasteiger partial charge in [-0.3, -0.25) is 9.59 Å². The molecule has 0 spiro atoms. The second-order valence-corrected chi connectivity index (χ2v) is 5.06. The van der Waals surface area contributed by atoms with Crippen molar-refractivity contribution in [2.24, 2.45) is 0 Å². The van der Waals surface area contributed by atoms with Crippen LogP contribution in [0.4, 0.5) is 4.39 Å². The maximum atomic E-state index is 13.8.